The number of nitrogens with two attached hydrogens (primary N) is 1. The number of hydrogen-bond donors (Lipinski definition) is 3. The fraction of sp³-hybridized carbons (Fsp3) is 0.643. The van der Waals surface area contributed by atoms with Gasteiger partial charge in [-0.1, -0.05) is 27.7 Å². The van der Waals surface area contributed by atoms with E-state index in [4.69, 9.17) is 20.3 Å². The van der Waals surface area contributed by atoms with Crippen LogP contribution in [0.25, 0.3) is 0 Å². The molecule has 11 heteroatoms. The monoisotopic (exact) mass is 375 g/mol. The molecule has 1 fully saturated rings. The third kappa shape index (κ3) is 3.54. The van der Waals surface area contributed by atoms with Crippen LogP contribution in [0.15, 0.2) is 17.2 Å². The normalized spacial score (nSPS) is 25.0. The Morgan fingerprint density at radius 3 is 2.52 bits per heavy atom. The topological polar surface area (TPSA) is 154 Å². The Morgan fingerprint density at radius 2 is 2.00 bits per heavy atom. The molecule has 0 saturated carbocycles. The van der Waals surface area contributed by atoms with Gasteiger partial charge in [-0.05, 0) is 0 Å². The second kappa shape index (κ2) is 6.30. The maximum Gasteiger partial charge on any atom is 0.469 e. The van der Waals surface area contributed by atoms with E-state index in [0.717, 1.165) is 0 Å². The van der Waals surface area contributed by atoms with Gasteiger partial charge in [0.2, 0.25) is 0 Å². The van der Waals surface area contributed by atoms with Crippen molar-refractivity contribution in [2.75, 3.05) is 6.61 Å². The van der Waals surface area contributed by atoms with E-state index >= 15 is 0 Å². The van der Waals surface area contributed by atoms with Crippen molar-refractivity contribution in [2.24, 2.45) is 16.6 Å². The predicted octanol–water partition coefficient (Wildman–Crippen LogP) is 0.401. The van der Waals surface area contributed by atoms with Crippen LogP contribution in [0, 0.1) is 10.8 Å². The van der Waals surface area contributed by atoms with Crippen molar-refractivity contribution in [1.29, 1.82) is 0 Å². The molecule has 2 unspecified atom stereocenters. The van der Waals surface area contributed by atoms with Crippen LogP contribution in [-0.2, 0) is 13.8 Å². The van der Waals surface area contributed by atoms with Gasteiger partial charge in [-0.3, -0.25) is 18.7 Å². The van der Waals surface area contributed by atoms with Gasteiger partial charge in [0.05, 0.1) is 12.7 Å². The number of carbonyl (C=O) groups excluding carboxylic acids is 1. The molecule has 0 bridgehead atoms. The summed E-state index contributed by atoms with van der Waals surface area (Å²) in [5, 5.41) is 0. The smallest absolute Gasteiger partial charge is 0.364 e. The zero-order chi connectivity index (χ0) is 19.2. The zero-order valence-corrected chi connectivity index (χ0v) is 15.3. The van der Waals surface area contributed by atoms with Crippen LogP contribution < -0.4 is 11.3 Å². The van der Waals surface area contributed by atoms with E-state index in [1.807, 2.05) is 27.7 Å². The Balaban J connectivity index is 2.43. The average Bonchev–Trinajstić information content (AvgIpc) is 2.63. The van der Waals surface area contributed by atoms with Crippen molar-refractivity contribution >= 4 is 13.7 Å². The maximum absolute atomic E-state index is 12.5. The molecular weight excluding hydrogens is 353 g/mol. The van der Waals surface area contributed by atoms with E-state index in [0.29, 0.717) is 0 Å². The van der Waals surface area contributed by atoms with Crippen molar-refractivity contribution in [3.05, 3.63) is 28.4 Å². The first-order valence-corrected chi connectivity index (χ1v) is 9.04. The molecule has 1 aromatic rings. The third-order valence-electron chi connectivity index (χ3n) is 5.12. The average molecular weight is 375 g/mol. The lowest BCUT2D eigenvalue weighted by Gasteiger charge is -2.38. The van der Waals surface area contributed by atoms with E-state index < -0.39 is 48.1 Å². The largest absolute Gasteiger partial charge is 0.469 e. The van der Waals surface area contributed by atoms with Crippen molar-refractivity contribution in [1.82, 2.24) is 9.55 Å². The number of nitrogens with zero attached hydrogens (tertiary/aromatic N) is 2. The summed E-state index contributed by atoms with van der Waals surface area (Å²) in [4.78, 5) is 45.4. The fourth-order valence-electron chi connectivity index (χ4n) is 2.83. The SMILES string of the molecule is CC1(C)C(COP(=O)(O)O)OC(n2ccnc(C(N)=O)c2=O)C1(C)C. The first-order valence-electron chi connectivity index (χ1n) is 7.51. The highest BCUT2D eigenvalue weighted by Crippen LogP contribution is 2.57. The Morgan fingerprint density at radius 1 is 1.40 bits per heavy atom. The summed E-state index contributed by atoms with van der Waals surface area (Å²) in [6.45, 7) is 7.06. The Bertz CT molecular complexity index is 783. The highest BCUT2D eigenvalue weighted by Gasteiger charge is 2.57. The molecular formula is C14H22N3O7P. The second-order valence-electron chi connectivity index (χ2n) is 7.06. The van der Waals surface area contributed by atoms with E-state index in [9.17, 15) is 14.2 Å². The molecule has 1 aromatic heterocycles. The highest BCUT2D eigenvalue weighted by atomic mass is 31.2. The summed E-state index contributed by atoms with van der Waals surface area (Å²) in [6.07, 6.45) is 1.15. The molecule has 0 spiro atoms. The van der Waals surface area contributed by atoms with Crippen LogP contribution >= 0.6 is 7.82 Å². The van der Waals surface area contributed by atoms with Crippen LogP contribution in [0.3, 0.4) is 0 Å². The van der Waals surface area contributed by atoms with Gasteiger partial charge < -0.3 is 20.3 Å². The van der Waals surface area contributed by atoms with E-state index in [-0.39, 0.29) is 6.61 Å². The fourth-order valence-corrected chi connectivity index (χ4v) is 3.16. The van der Waals surface area contributed by atoms with Gasteiger partial charge in [0.15, 0.2) is 5.69 Å². The maximum atomic E-state index is 12.5. The van der Waals surface area contributed by atoms with E-state index in [1.54, 1.807) is 0 Å². The Labute approximate surface area is 144 Å². The number of amides is 1. The van der Waals surface area contributed by atoms with Crippen LogP contribution in [-0.4, -0.2) is 38.0 Å². The van der Waals surface area contributed by atoms with Crippen LogP contribution in [0.4, 0.5) is 0 Å². The summed E-state index contributed by atoms with van der Waals surface area (Å²) in [5.74, 6) is -0.948. The van der Waals surface area contributed by atoms with Gasteiger partial charge in [0.1, 0.15) is 6.23 Å². The molecule has 140 valence electrons. The van der Waals surface area contributed by atoms with Crippen molar-refractivity contribution in [2.45, 2.75) is 40.0 Å². The molecule has 0 aromatic carbocycles. The number of phosphoric ester groups is 1. The molecule has 0 radical (unpaired) electrons. The predicted molar refractivity (Wildman–Crippen MR) is 86.5 cm³/mol. The van der Waals surface area contributed by atoms with Gasteiger partial charge in [0.25, 0.3) is 11.5 Å². The molecule has 2 atom stereocenters. The van der Waals surface area contributed by atoms with Crippen LogP contribution in [0.2, 0.25) is 0 Å². The molecule has 1 amide bonds. The molecule has 0 aliphatic carbocycles. The van der Waals surface area contributed by atoms with Crippen LogP contribution in [0.1, 0.15) is 44.4 Å². The molecule has 10 nitrogen and oxygen atoms in total. The molecule has 25 heavy (non-hydrogen) atoms. The van der Waals surface area contributed by atoms with Gasteiger partial charge >= 0.3 is 7.82 Å². The second-order valence-corrected chi connectivity index (χ2v) is 8.30. The lowest BCUT2D eigenvalue weighted by Crippen LogP contribution is -2.41. The minimum atomic E-state index is -4.66. The van der Waals surface area contributed by atoms with Crippen molar-refractivity contribution in [3.8, 4) is 0 Å². The Hall–Kier alpha value is -1.58. The summed E-state index contributed by atoms with van der Waals surface area (Å²) in [7, 11) is -4.66. The molecule has 4 N–H and O–H groups in total. The van der Waals surface area contributed by atoms with E-state index in [1.165, 1.54) is 17.0 Å². The minimum absolute atomic E-state index is 0.348. The third-order valence-corrected chi connectivity index (χ3v) is 5.61. The number of aromatic nitrogens is 2. The minimum Gasteiger partial charge on any atom is -0.364 e. The summed E-state index contributed by atoms with van der Waals surface area (Å²) >= 11 is 0. The lowest BCUT2D eigenvalue weighted by molar-refractivity contribution is -0.0511. The van der Waals surface area contributed by atoms with E-state index in [2.05, 4.69) is 9.51 Å². The van der Waals surface area contributed by atoms with Gasteiger partial charge in [-0.25, -0.2) is 9.55 Å². The van der Waals surface area contributed by atoms with Crippen LogP contribution in [0.5, 0.6) is 0 Å². The quantitative estimate of drug-likeness (QED) is 0.625. The summed E-state index contributed by atoms with van der Waals surface area (Å²) in [6, 6.07) is 0. The first-order chi connectivity index (χ1) is 11.3. The van der Waals surface area contributed by atoms with Crippen molar-refractivity contribution in [3.63, 3.8) is 0 Å². The lowest BCUT2D eigenvalue weighted by atomic mass is 9.66. The molecule has 1 saturated heterocycles. The molecule has 2 rings (SSSR count). The number of phosphoric acid groups is 1. The summed E-state index contributed by atoms with van der Waals surface area (Å²) < 4.78 is 22.7. The molecule has 2 heterocycles. The number of carbonyl (C=O) groups is 1. The van der Waals surface area contributed by atoms with Crippen molar-refractivity contribution < 1.29 is 28.4 Å². The zero-order valence-electron chi connectivity index (χ0n) is 14.4. The number of hydrogen-bond acceptors (Lipinski definition) is 6. The summed E-state index contributed by atoms with van der Waals surface area (Å²) in [5.41, 5.74) is 2.81. The number of ether oxygens (including phenoxy) is 1. The number of primary amides is 1. The first kappa shape index (κ1) is 19.7. The standard InChI is InChI=1S/C14H22N3O7P/c1-13(2)8(7-23-25(20,21)22)24-12(14(13,3)4)17-6-5-16-9(10(15)18)11(17)19/h5-6,8,12H,7H2,1-4H3,(H2,15,18)(H2,20,21,22). The molecule has 1 aliphatic rings. The Kier molecular flexibility index (Phi) is 4.97. The van der Waals surface area contributed by atoms with Gasteiger partial charge in [-0.2, -0.15) is 0 Å². The van der Waals surface area contributed by atoms with Gasteiger partial charge in [0, 0.05) is 23.2 Å². The number of rotatable bonds is 5. The van der Waals surface area contributed by atoms with Gasteiger partial charge in [-0.15, -0.1) is 0 Å². The molecule has 1 aliphatic heterocycles. The highest BCUT2D eigenvalue weighted by molar-refractivity contribution is 7.46.